The van der Waals surface area contributed by atoms with Crippen molar-refractivity contribution in [1.82, 2.24) is 5.32 Å². The van der Waals surface area contributed by atoms with E-state index in [-0.39, 0.29) is 18.5 Å². The van der Waals surface area contributed by atoms with E-state index in [0.29, 0.717) is 25.9 Å². The molecular weight excluding hydrogens is 779 g/mol. The van der Waals surface area contributed by atoms with Crippen molar-refractivity contribution in [3.63, 3.8) is 0 Å². The van der Waals surface area contributed by atoms with Gasteiger partial charge >= 0.3 is 5.97 Å². The minimum absolute atomic E-state index is 0.00197. The summed E-state index contributed by atoms with van der Waals surface area (Å²) < 4.78 is 5.46. The Labute approximate surface area is 392 Å². The molecule has 6 nitrogen and oxygen atoms in total. The molecule has 63 heavy (non-hydrogen) atoms. The van der Waals surface area contributed by atoms with E-state index < -0.39 is 12.1 Å². The Bertz CT molecular complexity index is 982. The zero-order chi connectivity index (χ0) is 45.8. The normalized spacial score (nSPS) is 12.8. The molecule has 1 amide bonds. The standard InChI is InChI=1S/C57H109NO5/c1-3-5-7-9-11-13-15-26-29-33-37-41-45-49-55(60)54(53-59)58-56(61)50-46-42-38-34-30-27-24-22-20-18-17-19-21-23-25-28-32-36-40-44-48-52-63-57(62)51-47-43-39-35-31-16-14-12-10-8-6-4-2/h12,14,18,20,54-55,59-60H,3-11,13,15-17,19,21-53H2,1-2H3,(H,58,61)/b14-12-,20-18-. The molecule has 0 aliphatic carbocycles. The molecule has 0 saturated heterocycles. The van der Waals surface area contributed by atoms with Crippen LogP contribution in [0.5, 0.6) is 0 Å². The molecule has 0 aliphatic rings. The molecule has 0 rings (SSSR count). The maximum absolute atomic E-state index is 12.4. The second kappa shape index (κ2) is 53.0. The third kappa shape index (κ3) is 49.6. The Morgan fingerprint density at radius 1 is 0.429 bits per heavy atom. The molecular formula is C57H109NO5. The van der Waals surface area contributed by atoms with Crippen LogP contribution in [0.25, 0.3) is 0 Å². The molecule has 0 heterocycles. The summed E-state index contributed by atoms with van der Waals surface area (Å²) in [6.07, 6.45) is 63.1. The molecule has 0 aromatic carbocycles. The summed E-state index contributed by atoms with van der Waals surface area (Å²) >= 11 is 0. The van der Waals surface area contributed by atoms with Gasteiger partial charge in [-0.25, -0.2) is 0 Å². The van der Waals surface area contributed by atoms with Crippen LogP contribution in [-0.4, -0.2) is 47.4 Å². The van der Waals surface area contributed by atoms with E-state index in [4.69, 9.17) is 4.74 Å². The molecule has 372 valence electrons. The quantitative estimate of drug-likeness (QED) is 0.0321. The first kappa shape index (κ1) is 61.3. The lowest BCUT2D eigenvalue weighted by Gasteiger charge is -2.22. The highest BCUT2D eigenvalue weighted by atomic mass is 16.5. The van der Waals surface area contributed by atoms with Crippen molar-refractivity contribution in [2.45, 2.75) is 315 Å². The van der Waals surface area contributed by atoms with Crippen LogP contribution in [0.15, 0.2) is 24.3 Å². The van der Waals surface area contributed by atoms with Crippen molar-refractivity contribution in [1.29, 1.82) is 0 Å². The molecule has 0 aromatic heterocycles. The number of carbonyl (C=O) groups excluding carboxylic acids is 2. The number of aliphatic hydroxyl groups excluding tert-OH is 2. The molecule has 0 aromatic rings. The third-order valence-corrected chi connectivity index (χ3v) is 13.0. The first-order valence-electron chi connectivity index (χ1n) is 28.1. The van der Waals surface area contributed by atoms with Crippen LogP contribution < -0.4 is 5.32 Å². The van der Waals surface area contributed by atoms with Crippen LogP contribution in [0.4, 0.5) is 0 Å². The van der Waals surface area contributed by atoms with E-state index >= 15 is 0 Å². The summed E-state index contributed by atoms with van der Waals surface area (Å²) in [5.74, 6) is -0.0445. The van der Waals surface area contributed by atoms with Crippen molar-refractivity contribution in [3.8, 4) is 0 Å². The first-order chi connectivity index (χ1) is 31.0. The van der Waals surface area contributed by atoms with Gasteiger partial charge in [0.25, 0.3) is 0 Å². The van der Waals surface area contributed by atoms with Gasteiger partial charge in [0.15, 0.2) is 0 Å². The van der Waals surface area contributed by atoms with Gasteiger partial charge in [-0.1, -0.05) is 237 Å². The lowest BCUT2D eigenvalue weighted by atomic mass is 10.0. The number of ether oxygens (including phenoxy) is 1. The number of rotatable bonds is 52. The molecule has 0 radical (unpaired) electrons. The van der Waals surface area contributed by atoms with E-state index in [1.807, 2.05) is 0 Å². The summed E-state index contributed by atoms with van der Waals surface area (Å²) in [6, 6.07) is -0.546. The van der Waals surface area contributed by atoms with Gasteiger partial charge in [0.05, 0.1) is 25.4 Å². The molecule has 0 spiro atoms. The van der Waals surface area contributed by atoms with Crippen molar-refractivity contribution in [2.24, 2.45) is 0 Å². The summed E-state index contributed by atoms with van der Waals surface area (Å²) in [6.45, 7) is 4.92. The lowest BCUT2D eigenvalue weighted by molar-refractivity contribution is -0.143. The van der Waals surface area contributed by atoms with Gasteiger partial charge in [0, 0.05) is 12.8 Å². The fourth-order valence-electron chi connectivity index (χ4n) is 8.63. The predicted octanol–water partition coefficient (Wildman–Crippen LogP) is 17.1. The number of hydrogen-bond donors (Lipinski definition) is 3. The average molecular weight is 889 g/mol. The van der Waals surface area contributed by atoms with E-state index in [1.54, 1.807) is 0 Å². The van der Waals surface area contributed by atoms with E-state index in [9.17, 15) is 19.8 Å². The SMILES string of the molecule is CCCCC/C=C\CCCCCCCC(=O)OCCCCCCCCCCCC/C=C\CCCCCCCCCC(=O)NC(CO)C(O)CCCCCCCCCCCCCCC. The fourth-order valence-corrected chi connectivity index (χ4v) is 8.63. The van der Waals surface area contributed by atoms with Gasteiger partial charge in [-0.05, 0) is 77.0 Å². The zero-order valence-electron chi connectivity index (χ0n) is 42.3. The van der Waals surface area contributed by atoms with Gasteiger partial charge in [-0.3, -0.25) is 9.59 Å². The zero-order valence-corrected chi connectivity index (χ0v) is 42.3. The van der Waals surface area contributed by atoms with Gasteiger partial charge in [-0.15, -0.1) is 0 Å². The van der Waals surface area contributed by atoms with Gasteiger partial charge in [0.1, 0.15) is 0 Å². The molecule has 0 aliphatic heterocycles. The number of allylic oxidation sites excluding steroid dienone is 4. The van der Waals surface area contributed by atoms with Crippen LogP contribution in [-0.2, 0) is 14.3 Å². The molecule has 6 heteroatoms. The smallest absolute Gasteiger partial charge is 0.305 e. The maximum Gasteiger partial charge on any atom is 0.305 e. The van der Waals surface area contributed by atoms with Crippen molar-refractivity contribution < 1.29 is 24.5 Å². The van der Waals surface area contributed by atoms with Gasteiger partial charge in [0.2, 0.25) is 5.91 Å². The monoisotopic (exact) mass is 888 g/mol. The highest BCUT2D eigenvalue weighted by molar-refractivity contribution is 5.76. The van der Waals surface area contributed by atoms with Crippen LogP contribution in [0, 0.1) is 0 Å². The lowest BCUT2D eigenvalue weighted by Crippen LogP contribution is -2.45. The van der Waals surface area contributed by atoms with E-state index in [1.165, 1.54) is 225 Å². The number of carbonyl (C=O) groups is 2. The van der Waals surface area contributed by atoms with Crippen LogP contribution in [0.1, 0.15) is 303 Å². The van der Waals surface area contributed by atoms with Crippen LogP contribution in [0.3, 0.4) is 0 Å². The molecule has 0 fully saturated rings. The van der Waals surface area contributed by atoms with Crippen LogP contribution in [0.2, 0.25) is 0 Å². The molecule has 3 N–H and O–H groups in total. The number of aliphatic hydroxyl groups is 2. The third-order valence-electron chi connectivity index (χ3n) is 13.0. The highest BCUT2D eigenvalue weighted by Crippen LogP contribution is 2.16. The predicted molar refractivity (Wildman–Crippen MR) is 273 cm³/mol. The highest BCUT2D eigenvalue weighted by Gasteiger charge is 2.20. The number of hydrogen-bond acceptors (Lipinski definition) is 5. The Morgan fingerprint density at radius 3 is 1.16 bits per heavy atom. The molecule has 0 bridgehead atoms. The number of esters is 1. The Hall–Kier alpha value is -1.66. The Kier molecular flexibility index (Phi) is 51.6. The maximum atomic E-state index is 12.4. The molecule has 2 unspecified atom stereocenters. The fraction of sp³-hybridized carbons (Fsp3) is 0.895. The van der Waals surface area contributed by atoms with Crippen molar-refractivity contribution >= 4 is 11.9 Å². The number of nitrogens with one attached hydrogen (secondary N) is 1. The van der Waals surface area contributed by atoms with Crippen molar-refractivity contribution in [2.75, 3.05) is 13.2 Å². The van der Waals surface area contributed by atoms with E-state index in [2.05, 4.69) is 43.5 Å². The average Bonchev–Trinajstić information content (AvgIpc) is 3.28. The largest absolute Gasteiger partial charge is 0.466 e. The topological polar surface area (TPSA) is 95.9 Å². The van der Waals surface area contributed by atoms with Crippen LogP contribution >= 0.6 is 0 Å². The number of unbranched alkanes of at least 4 members (excludes halogenated alkanes) is 37. The Balaban J connectivity index is 3.42. The summed E-state index contributed by atoms with van der Waals surface area (Å²) in [4.78, 5) is 24.4. The second-order valence-corrected chi connectivity index (χ2v) is 19.3. The molecule has 2 atom stereocenters. The van der Waals surface area contributed by atoms with E-state index in [0.717, 1.165) is 44.9 Å². The number of amides is 1. The summed E-state index contributed by atoms with van der Waals surface area (Å²) in [7, 11) is 0. The van der Waals surface area contributed by atoms with Gasteiger partial charge in [-0.2, -0.15) is 0 Å². The summed E-state index contributed by atoms with van der Waals surface area (Å²) in [5.41, 5.74) is 0. The van der Waals surface area contributed by atoms with Crippen molar-refractivity contribution in [3.05, 3.63) is 24.3 Å². The molecule has 0 saturated carbocycles. The van der Waals surface area contributed by atoms with Gasteiger partial charge < -0.3 is 20.3 Å². The Morgan fingerprint density at radius 2 is 0.746 bits per heavy atom. The first-order valence-corrected chi connectivity index (χ1v) is 28.1. The second-order valence-electron chi connectivity index (χ2n) is 19.3. The minimum atomic E-state index is -0.668. The summed E-state index contributed by atoms with van der Waals surface area (Å²) in [5, 5.41) is 23.2. The minimum Gasteiger partial charge on any atom is -0.466 e.